The molecule has 0 radical (unpaired) electrons. The lowest BCUT2D eigenvalue weighted by atomic mass is 10.0. The van der Waals surface area contributed by atoms with E-state index in [0.717, 1.165) is 47.2 Å². The van der Waals surface area contributed by atoms with E-state index in [2.05, 4.69) is 60.1 Å². The third kappa shape index (κ3) is 4.91. The Hall–Kier alpha value is -3.50. The van der Waals surface area contributed by atoms with Crippen molar-refractivity contribution in [2.75, 3.05) is 44.4 Å². The fourth-order valence-electron chi connectivity index (χ4n) is 4.92. The van der Waals surface area contributed by atoms with E-state index in [4.69, 9.17) is 4.98 Å². The van der Waals surface area contributed by atoms with Crippen LogP contribution in [0.3, 0.4) is 0 Å². The molecule has 0 bridgehead atoms. The third-order valence-electron chi connectivity index (χ3n) is 6.88. The van der Waals surface area contributed by atoms with Crippen LogP contribution in [0.5, 0.6) is 0 Å². The van der Waals surface area contributed by atoms with Gasteiger partial charge in [0.1, 0.15) is 5.69 Å². The molecule has 0 fully saturated rings. The number of nitrogens with one attached hydrogen (secondary N) is 1. The Bertz CT molecular complexity index is 1500. The Morgan fingerprint density at radius 2 is 2.03 bits per heavy atom. The molecule has 0 saturated carbocycles. The lowest BCUT2D eigenvalue weighted by Crippen LogP contribution is -2.29. The first-order valence-electron chi connectivity index (χ1n) is 12.3. The predicted molar refractivity (Wildman–Crippen MR) is 152 cm³/mol. The summed E-state index contributed by atoms with van der Waals surface area (Å²) in [6.07, 6.45) is 6.09. The zero-order valence-electron chi connectivity index (χ0n) is 21.5. The topological polar surface area (TPSA) is 92.4 Å². The molecule has 2 aromatic heterocycles. The van der Waals surface area contributed by atoms with E-state index in [1.165, 1.54) is 16.5 Å². The summed E-state index contributed by atoms with van der Waals surface area (Å²) in [6, 6.07) is 9.85. The van der Waals surface area contributed by atoms with E-state index in [-0.39, 0.29) is 10.6 Å². The van der Waals surface area contributed by atoms with Crippen molar-refractivity contribution in [1.29, 1.82) is 0 Å². The third-order valence-corrected chi connectivity index (χ3v) is 7.47. The van der Waals surface area contributed by atoms with Crippen LogP contribution < -0.4 is 10.2 Å². The molecule has 0 spiro atoms. The summed E-state index contributed by atoms with van der Waals surface area (Å²) in [6.45, 7) is 4.38. The van der Waals surface area contributed by atoms with Crippen molar-refractivity contribution in [3.05, 3.63) is 68.4 Å². The molecule has 0 saturated heterocycles. The van der Waals surface area contributed by atoms with Gasteiger partial charge in [0.05, 0.1) is 26.3 Å². The number of hydrogen-bond acceptors (Lipinski definition) is 7. The molecule has 1 N–H and O–H groups in total. The van der Waals surface area contributed by atoms with Crippen molar-refractivity contribution in [2.45, 2.75) is 26.3 Å². The minimum atomic E-state index is -0.339. The monoisotopic (exact) mass is 563 g/mol. The van der Waals surface area contributed by atoms with Gasteiger partial charge in [0.25, 0.3) is 5.69 Å². The average molecular weight is 564 g/mol. The van der Waals surface area contributed by atoms with Crippen LogP contribution in [-0.2, 0) is 13.0 Å². The van der Waals surface area contributed by atoms with Gasteiger partial charge in [0.15, 0.2) is 0 Å². The van der Waals surface area contributed by atoms with Gasteiger partial charge < -0.3 is 19.7 Å². The van der Waals surface area contributed by atoms with Crippen molar-refractivity contribution in [2.24, 2.45) is 0 Å². The Balaban J connectivity index is 1.51. The largest absolute Gasteiger partial charge is 0.368 e. The molecular weight excluding hydrogens is 534 g/mol. The van der Waals surface area contributed by atoms with Crippen LogP contribution in [0.25, 0.3) is 22.2 Å². The molecule has 5 rings (SSSR count). The number of aryl methyl sites for hydroxylation is 3. The summed E-state index contributed by atoms with van der Waals surface area (Å²) < 4.78 is 3.10. The fraction of sp³-hybridized carbons (Fsp3) is 0.333. The second kappa shape index (κ2) is 10.1. The van der Waals surface area contributed by atoms with Crippen LogP contribution in [-0.4, -0.2) is 58.6 Å². The zero-order valence-corrected chi connectivity index (χ0v) is 23.0. The molecule has 3 heterocycles. The van der Waals surface area contributed by atoms with Crippen LogP contribution in [0.4, 0.5) is 23.0 Å². The van der Waals surface area contributed by atoms with Gasteiger partial charge in [0, 0.05) is 56.1 Å². The van der Waals surface area contributed by atoms with E-state index in [1.54, 1.807) is 12.3 Å². The Morgan fingerprint density at radius 1 is 1.22 bits per heavy atom. The molecule has 0 aliphatic carbocycles. The van der Waals surface area contributed by atoms with Crippen molar-refractivity contribution >= 4 is 49.8 Å². The average Bonchev–Trinajstić information content (AvgIpc) is 3.25. The van der Waals surface area contributed by atoms with Gasteiger partial charge in [-0.2, -0.15) is 0 Å². The van der Waals surface area contributed by atoms with Gasteiger partial charge in [-0.25, -0.2) is 9.97 Å². The molecular formula is C27H30BrN7O2. The summed E-state index contributed by atoms with van der Waals surface area (Å²) in [5, 5.41) is 16.4. The smallest absolute Gasteiger partial charge is 0.294 e. The number of nitro benzene ring substituents is 1. The maximum atomic E-state index is 12.0. The van der Waals surface area contributed by atoms with Crippen molar-refractivity contribution in [1.82, 2.24) is 19.4 Å². The standard InChI is InChI=1S/C27H30BrN7O2/c1-17-13-23(33(4)12-11-32(2)3)24(35(36)37)14-22(17)30-27-29-15-21(28)25(31-27)20-16-34-10-6-8-18-7-5-9-19(20)26(18)34/h5,7,9,13-16H,6,8,10-12H2,1-4H3,(H,29,30,31). The minimum Gasteiger partial charge on any atom is -0.368 e. The second-order valence-corrected chi connectivity index (χ2v) is 10.7. The molecule has 10 heteroatoms. The summed E-state index contributed by atoms with van der Waals surface area (Å²) in [5.74, 6) is 0.385. The predicted octanol–water partition coefficient (Wildman–Crippen LogP) is 5.77. The quantitative estimate of drug-likeness (QED) is 0.215. The van der Waals surface area contributed by atoms with Gasteiger partial charge in [-0.3, -0.25) is 10.1 Å². The van der Waals surface area contributed by atoms with Crippen molar-refractivity contribution < 1.29 is 4.92 Å². The minimum absolute atomic E-state index is 0.0423. The maximum Gasteiger partial charge on any atom is 0.294 e. The Morgan fingerprint density at radius 3 is 2.78 bits per heavy atom. The van der Waals surface area contributed by atoms with Gasteiger partial charge in [-0.1, -0.05) is 18.2 Å². The lowest BCUT2D eigenvalue weighted by Gasteiger charge is -2.22. The van der Waals surface area contributed by atoms with E-state index in [0.29, 0.717) is 23.9 Å². The first-order chi connectivity index (χ1) is 17.7. The van der Waals surface area contributed by atoms with E-state index in [9.17, 15) is 10.1 Å². The lowest BCUT2D eigenvalue weighted by molar-refractivity contribution is -0.384. The highest BCUT2D eigenvalue weighted by molar-refractivity contribution is 9.10. The molecule has 1 aliphatic rings. The number of benzene rings is 2. The number of hydrogen-bond donors (Lipinski definition) is 1. The van der Waals surface area contributed by atoms with E-state index < -0.39 is 0 Å². The van der Waals surface area contributed by atoms with Crippen LogP contribution in [0, 0.1) is 17.0 Å². The van der Waals surface area contributed by atoms with E-state index in [1.807, 2.05) is 39.0 Å². The zero-order chi connectivity index (χ0) is 26.3. The maximum absolute atomic E-state index is 12.0. The first kappa shape index (κ1) is 25.2. The normalized spacial score (nSPS) is 12.8. The number of likely N-dealkylation sites (N-methyl/N-ethyl adjacent to an activating group) is 2. The molecule has 0 atom stereocenters. The molecule has 0 amide bonds. The number of para-hydroxylation sites is 1. The van der Waals surface area contributed by atoms with Gasteiger partial charge in [-0.05, 0) is 67.0 Å². The molecule has 4 aromatic rings. The number of nitrogens with zero attached hydrogens (tertiary/aromatic N) is 6. The van der Waals surface area contributed by atoms with Crippen LogP contribution in [0.2, 0.25) is 0 Å². The number of rotatable bonds is 8. The SMILES string of the molecule is Cc1cc(N(C)CCN(C)C)c([N+](=O)[O-])cc1Nc1ncc(Br)c(-c2cn3c4c(cccc24)CCC3)n1. The molecule has 9 nitrogen and oxygen atoms in total. The molecule has 1 aliphatic heterocycles. The van der Waals surface area contributed by atoms with Gasteiger partial charge in [-0.15, -0.1) is 0 Å². The second-order valence-electron chi connectivity index (χ2n) is 9.81. The number of halogens is 1. The van der Waals surface area contributed by atoms with E-state index >= 15 is 0 Å². The fourth-order valence-corrected chi connectivity index (χ4v) is 5.32. The summed E-state index contributed by atoms with van der Waals surface area (Å²) in [7, 11) is 5.84. The molecule has 37 heavy (non-hydrogen) atoms. The highest BCUT2D eigenvalue weighted by Gasteiger charge is 2.22. The number of aromatic nitrogens is 3. The summed E-state index contributed by atoms with van der Waals surface area (Å²) in [5.41, 5.74) is 6.55. The van der Waals surface area contributed by atoms with Gasteiger partial charge >= 0.3 is 0 Å². The highest BCUT2D eigenvalue weighted by Crippen LogP contribution is 2.38. The highest BCUT2D eigenvalue weighted by atomic mass is 79.9. The Labute approximate surface area is 224 Å². The van der Waals surface area contributed by atoms with Crippen LogP contribution in [0.15, 0.2) is 47.2 Å². The van der Waals surface area contributed by atoms with Crippen molar-refractivity contribution in [3.8, 4) is 11.3 Å². The Kier molecular flexibility index (Phi) is 6.87. The molecule has 192 valence electrons. The summed E-state index contributed by atoms with van der Waals surface area (Å²) >= 11 is 3.64. The number of nitro groups is 1. The van der Waals surface area contributed by atoms with Crippen LogP contribution >= 0.6 is 15.9 Å². The molecule has 2 aromatic carbocycles. The first-order valence-corrected chi connectivity index (χ1v) is 13.1. The van der Waals surface area contributed by atoms with Gasteiger partial charge in [0.2, 0.25) is 5.95 Å². The number of anilines is 3. The summed E-state index contributed by atoms with van der Waals surface area (Å²) in [4.78, 5) is 24.9. The molecule has 0 unspecified atom stereocenters. The van der Waals surface area contributed by atoms with Crippen molar-refractivity contribution in [3.63, 3.8) is 0 Å². The van der Waals surface area contributed by atoms with Crippen LogP contribution in [0.1, 0.15) is 17.5 Å².